The zero-order valence-electron chi connectivity index (χ0n) is 8.22. The van der Waals surface area contributed by atoms with Crippen molar-refractivity contribution in [1.29, 1.82) is 0 Å². The van der Waals surface area contributed by atoms with Gasteiger partial charge in [0, 0.05) is 0 Å². The lowest BCUT2D eigenvalue weighted by Crippen LogP contribution is -1.82. The van der Waals surface area contributed by atoms with Gasteiger partial charge in [-0.25, -0.2) is 0 Å². The van der Waals surface area contributed by atoms with E-state index in [0.29, 0.717) is 0 Å². The molecule has 0 nitrogen and oxygen atoms in total. The van der Waals surface area contributed by atoms with Crippen LogP contribution < -0.4 is 0 Å². The van der Waals surface area contributed by atoms with Gasteiger partial charge in [-0.15, -0.1) is 0 Å². The second-order valence-corrected chi connectivity index (χ2v) is 4.62. The molecule has 0 unspecified atom stereocenters. The minimum absolute atomic E-state index is 1.06. The third-order valence-corrected chi connectivity index (χ3v) is 3.02. The summed E-state index contributed by atoms with van der Waals surface area (Å²) in [5, 5.41) is 0. The molecule has 0 aliphatic rings. The second-order valence-electron chi connectivity index (χ2n) is 3.19. The van der Waals surface area contributed by atoms with Gasteiger partial charge < -0.3 is 0 Å². The SMILES string of the molecule is CSCCCCCCCCCS. The first-order valence-corrected chi connectivity index (χ1v) is 7.04. The fourth-order valence-electron chi connectivity index (χ4n) is 1.24. The first-order valence-electron chi connectivity index (χ1n) is 5.01. The van der Waals surface area contributed by atoms with E-state index in [0.717, 1.165) is 5.75 Å². The van der Waals surface area contributed by atoms with E-state index >= 15 is 0 Å². The van der Waals surface area contributed by atoms with Gasteiger partial charge in [0.25, 0.3) is 0 Å². The van der Waals surface area contributed by atoms with E-state index in [9.17, 15) is 0 Å². The zero-order chi connectivity index (χ0) is 9.07. The molecule has 74 valence electrons. The smallest absolute Gasteiger partial charge is 0.00703 e. The van der Waals surface area contributed by atoms with Gasteiger partial charge in [-0.2, -0.15) is 24.4 Å². The molecule has 0 rings (SSSR count). The summed E-state index contributed by atoms with van der Waals surface area (Å²) in [6.07, 6.45) is 12.0. The summed E-state index contributed by atoms with van der Waals surface area (Å²) >= 11 is 6.15. The van der Waals surface area contributed by atoms with Crippen LogP contribution >= 0.6 is 24.4 Å². The van der Waals surface area contributed by atoms with Crippen molar-refractivity contribution in [1.82, 2.24) is 0 Å². The average molecular weight is 206 g/mol. The number of hydrogen-bond acceptors (Lipinski definition) is 2. The minimum atomic E-state index is 1.06. The Balaban J connectivity index is 2.73. The lowest BCUT2D eigenvalue weighted by molar-refractivity contribution is 0.605. The van der Waals surface area contributed by atoms with Crippen LogP contribution in [0.4, 0.5) is 0 Å². The third-order valence-electron chi connectivity index (χ3n) is 2.01. The third kappa shape index (κ3) is 10.7. The Morgan fingerprint density at radius 2 is 1.33 bits per heavy atom. The molecule has 0 aliphatic carbocycles. The summed E-state index contributed by atoms with van der Waals surface area (Å²) in [4.78, 5) is 0. The molecule has 0 N–H and O–H groups in total. The molecule has 0 fully saturated rings. The van der Waals surface area contributed by atoms with E-state index in [1.54, 1.807) is 0 Å². The number of thioether (sulfide) groups is 1. The standard InChI is InChI=1S/C10H22S2/c1-12-10-8-6-4-2-3-5-7-9-11/h11H,2-10H2,1H3. The van der Waals surface area contributed by atoms with E-state index in [4.69, 9.17) is 0 Å². The van der Waals surface area contributed by atoms with Crippen molar-refractivity contribution in [3.63, 3.8) is 0 Å². The van der Waals surface area contributed by atoms with Crippen LogP contribution in [0.5, 0.6) is 0 Å². The molecule has 0 aromatic carbocycles. The van der Waals surface area contributed by atoms with Gasteiger partial charge in [0.2, 0.25) is 0 Å². The summed E-state index contributed by atoms with van der Waals surface area (Å²) in [7, 11) is 0. The van der Waals surface area contributed by atoms with Crippen molar-refractivity contribution in [2.24, 2.45) is 0 Å². The maximum atomic E-state index is 4.19. The van der Waals surface area contributed by atoms with Crippen molar-refractivity contribution in [3.8, 4) is 0 Å². The highest BCUT2D eigenvalue weighted by molar-refractivity contribution is 7.98. The Morgan fingerprint density at radius 1 is 0.833 bits per heavy atom. The maximum absolute atomic E-state index is 4.19. The molecule has 0 saturated carbocycles. The van der Waals surface area contributed by atoms with Crippen LogP contribution in [0, 0.1) is 0 Å². The second kappa shape index (κ2) is 11.7. The predicted octanol–water partition coefficient (Wildman–Crippen LogP) is 4.01. The van der Waals surface area contributed by atoms with Crippen LogP contribution in [0.15, 0.2) is 0 Å². The lowest BCUT2D eigenvalue weighted by atomic mass is 10.1. The Morgan fingerprint density at radius 3 is 1.83 bits per heavy atom. The van der Waals surface area contributed by atoms with Crippen molar-refractivity contribution < 1.29 is 0 Å². The van der Waals surface area contributed by atoms with Crippen LogP contribution in [0.2, 0.25) is 0 Å². The Labute approximate surface area is 87.3 Å². The monoisotopic (exact) mass is 206 g/mol. The molecule has 0 bridgehead atoms. The quantitative estimate of drug-likeness (QED) is 0.439. The van der Waals surface area contributed by atoms with E-state index in [1.165, 1.54) is 50.7 Å². The molecule has 2 heteroatoms. The molecule has 0 amide bonds. The van der Waals surface area contributed by atoms with Crippen LogP contribution in [0.3, 0.4) is 0 Å². The van der Waals surface area contributed by atoms with Crippen LogP contribution in [-0.2, 0) is 0 Å². The molecule has 0 aromatic rings. The van der Waals surface area contributed by atoms with Gasteiger partial charge in [0.15, 0.2) is 0 Å². The van der Waals surface area contributed by atoms with Gasteiger partial charge in [-0.3, -0.25) is 0 Å². The van der Waals surface area contributed by atoms with Crippen LogP contribution in [0.25, 0.3) is 0 Å². The van der Waals surface area contributed by atoms with Crippen molar-refractivity contribution >= 4 is 24.4 Å². The average Bonchev–Trinajstić information content (AvgIpc) is 2.10. The summed E-state index contributed by atoms with van der Waals surface area (Å²) < 4.78 is 0. The Kier molecular flexibility index (Phi) is 12.4. The van der Waals surface area contributed by atoms with Crippen LogP contribution in [0.1, 0.15) is 44.9 Å². The number of unbranched alkanes of at least 4 members (excludes halogenated alkanes) is 6. The normalized spacial score (nSPS) is 10.5. The molecule has 0 atom stereocenters. The minimum Gasteiger partial charge on any atom is -0.179 e. The van der Waals surface area contributed by atoms with Crippen LogP contribution in [-0.4, -0.2) is 17.8 Å². The van der Waals surface area contributed by atoms with E-state index in [-0.39, 0.29) is 0 Å². The van der Waals surface area contributed by atoms with E-state index in [1.807, 2.05) is 11.8 Å². The zero-order valence-corrected chi connectivity index (χ0v) is 9.93. The number of thiol groups is 1. The molecule has 0 saturated heterocycles. The summed E-state index contributed by atoms with van der Waals surface area (Å²) in [5.74, 6) is 2.41. The fraction of sp³-hybridized carbons (Fsp3) is 1.00. The van der Waals surface area contributed by atoms with Gasteiger partial charge in [0.1, 0.15) is 0 Å². The van der Waals surface area contributed by atoms with Crippen molar-refractivity contribution in [2.45, 2.75) is 44.9 Å². The highest BCUT2D eigenvalue weighted by Crippen LogP contribution is 2.09. The maximum Gasteiger partial charge on any atom is -0.00703 e. The highest BCUT2D eigenvalue weighted by atomic mass is 32.2. The summed E-state index contributed by atoms with van der Waals surface area (Å²) in [6.45, 7) is 0. The molecule has 0 aromatic heterocycles. The number of hydrogen-bond donors (Lipinski definition) is 1. The van der Waals surface area contributed by atoms with Gasteiger partial charge in [-0.05, 0) is 30.6 Å². The molecule has 0 aliphatic heterocycles. The fourth-order valence-corrected chi connectivity index (χ4v) is 1.96. The molecule has 12 heavy (non-hydrogen) atoms. The topological polar surface area (TPSA) is 0 Å². The van der Waals surface area contributed by atoms with Crippen molar-refractivity contribution in [2.75, 3.05) is 17.8 Å². The summed E-state index contributed by atoms with van der Waals surface area (Å²) in [6, 6.07) is 0. The lowest BCUT2D eigenvalue weighted by Gasteiger charge is -1.99. The van der Waals surface area contributed by atoms with E-state index in [2.05, 4.69) is 18.9 Å². The predicted molar refractivity (Wildman–Crippen MR) is 64.6 cm³/mol. The summed E-state index contributed by atoms with van der Waals surface area (Å²) in [5.41, 5.74) is 0. The number of rotatable bonds is 9. The molecular formula is C10H22S2. The molecule has 0 heterocycles. The Hall–Kier alpha value is 0.700. The first kappa shape index (κ1) is 12.7. The van der Waals surface area contributed by atoms with E-state index < -0.39 is 0 Å². The first-order chi connectivity index (χ1) is 5.91. The van der Waals surface area contributed by atoms with Gasteiger partial charge in [0.05, 0.1) is 0 Å². The van der Waals surface area contributed by atoms with Gasteiger partial charge in [-0.1, -0.05) is 32.1 Å². The molecule has 0 spiro atoms. The van der Waals surface area contributed by atoms with Crippen molar-refractivity contribution in [3.05, 3.63) is 0 Å². The molecule has 0 radical (unpaired) electrons. The largest absolute Gasteiger partial charge is 0.179 e. The highest BCUT2D eigenvalue weighted by Gasteiger charge is 1.90. The molecular weight excluding hydrogens is 184 g/mol. The van der Waals surface area contributed by atoms with Gasteiger partial charge >= 0.3 is 0 Å². The Bertz CT molecular complexity index is 64.2.